The van der Waals surface area contributed by atoms with Crippen molar-refractivity contribution in [2.75, 3.05) is 0 Å². The van der Waals surface area contributed by atoms with Gasteiger partial charge in [0.05, 0.1) is 19.1 Å². The number of phenols is 1. The van der Waals surface area contributed by atoms with Crippen LogP contribution in [0.15, 0.2) is 54.6 Å². The molecule has 10 nitrogen and oxygen atoms in total. The van der Waals surface area contributed by atoms with Gasteiger partial charge in [-0.05, 0) is 42.5 Å². The highest BCUT2D eigenvalue weighted by atomic mass is 16.7. The molecule has 38 heavy (non-hydrogen) atoms. The number of carbonyl (C=O) groups is 4. The second kappa shape index (κ2) is 13.2. The van der Waals surface area contributed by atoms with Gasteiger partial charge in [-0.2, -0.15) is 0 Å². The van der Waals surface area contributed by atoms with E-state index >= 15 is 0 Å². The normalized spacial score (nSPS) is 18.5. The smallest absolute Gasteiger partial charge is 0.310 e. The first-order valence-electron chi connectivity index (χ1n) is 12.6. The monoisotopic (exact) mass is 525 g/mol. The molecule has 1 fully saturated rings. The zero-order valence-electron chi connectivity index (χ0n) is 21.8. The highest BCUT2D eigenvalue weighted by Gasteiger charge is 2.40. The number of hydrogen-bond donors (Lipinski definition) is 3. The van der Waals surface area contributed by atoms with Crippen LogP contribution >= 0.6 is 0 Å². The van der Waals surface area contributed by atoms with Crippen LogP contribution in [0, 0.1) is 5.92 Å². The summed E-state index contributed by atoms with van der Waals surface area (Å²) in [7, 11) is 0. The van der Waals surface area contributed by atoms with Gasteiger partial charge in [-0.3, -0.25) is 24.1 Å². The zero-order chi connectivity index (χ0) is 27.8. The van der Waals surface area contributed by atoms with Crippen LogP contribution < -0.4 is 11.1 Å². The maximum absolute atomic E-state index is 13.2. The molecule has 2 aromatic carbocycles. The zero-order valence-corrected chi connectivity index (χ0v) is 21.8. The largest absolute Gasteiger partial charge is 0.508 e. The van der Waals surface area contributed by atoms with Crippen molar-refractivity contribution in [3.8, 4) is 5.75 Å². The summed E-state index contributed by atoms with van der Waals surface area (Å²) in [4.78, 5) is 52.5. The van der Waals surface area contributed by atoms with Crippen LogP contribution in [0.25, 0.3) is 0 Å². The van der Waals surface area contributed by atoms with Gasteiger partial charge in [0.15, 0.2) is 0 Å². The van der Waals surface area contributed by atoms with E-state index in [-0.39, 0.29) is 31.1 Å². The van der Waals surface area contributed by atoms with Crippen LogP contribution in [0.5, 0.6) is 5.75 Å². The number of phenolic OH excluding ortho intramolecular Hbond substituents is 1. The number of cyclic esters (lactones) is 1. The van der Waals surface area contributed by atoms with Gasteiger partial charge in [0.25, 0.3) is 0 Å². The number of hydrogen-bond acceptors (Lipinski definition) is 8. The third kappa shape index (κ3) is 7.62. The lowest BCUT2D eigenvalue weighted by molar-refractivity contribution is -0.168. The molecule has 4 atom stereocenters. The van der Waals surface area contributed by atoms with Crippen LogP contribution in [0.1, 0.15) is 44.7 Å². The lowest BCUT2D eigenvalue weighted by Gasteiger charge is -2.31. The molecule has 204 valence electrons. The molecule has 0 bridgehead atoms. The molecule has 0 aromatic heterocycles. The van der Waals surface area contributed by atoms with E-state index in [2.05, 4.69) is 5.32 Å². The van der Waals surface area contributed by atoms with E-state index in [0.717, 1.165) is 16.0 Å². The molecule has 10 heteroatoms. The van der Waals surface area contributed by atoms with Crippen LogP contribution in [-0.4, -0.2) is 58.1 Å². The first-order valence-corrected chi connectivity index (χ1v) is 12.6. The number of ether oxygens (including phenoxy) is 2. The quantitative estimate of drug-likeness (QED) is 0.378. The average Bonchev–Trinajstić information content (AvgIpc) is 3.25. The minimum absolute atomic E-state index is 0.0488. The first kappa shape index (κ1) is 28.8. The number of nitrogens with two attached hydrogens (primary N) is 1. The number of aryl methyl sites for hydroxylation is 1. The van der Waals surface area contributed by atoms with Crippen molar-refractivity contribution in [3.63, 3.8) is 0 Å². The number of nitrogens with zero attached hydrogens (tertiary/aromatic N) is 1. The van der Waals surface area contributed by atoms with Gasteiger partial charge in [0, 0.05) is 6.42 Å². The molecule has 2 aromatic rings. The Morgan fingerprint density at radius 2 is 1.74 bits per heavy atom. The van der Waals surface area contributed by atoms with E-state index in [9.17, 15) is 24.3 Å². The molecular weight excluding hydrogens is 490 g/mol. The molecular formula is C28H35N3O7. The summed E-state index contributed by atoms with van der Waals surface area (Å²) in [5, 5.41) is 12.2. The minimum atomic E-state index is -1.19. The molecule has 1 aliphatic rings. The van der Waals surface area contributed by atoms with Gasteiger partial charge in [-0.25, -0.2) is 0 Å². The first-order chi connectivity index (χ1) is 18.1. The summed E-state index contributed by atoms with van der Waals surface area (Å²) in [5.74, 6) is -2.54. The van der Waals surface area contributed by atoms with Crippen molar-refractivity contribution in [2.45, 2.75) is 71.1 Å². The summed E-state index contributed by atoms with van der Waals surface area (Å²) in [6.07, 6.45) is -0.862. The predicted octanol–water partition coefficient (Wildman–Crippen LogP) is 2.03. The Kier molecular flexibility index (Phi) is 9.98. The Bertz CT molecular complexity index is 1120. The third-order valence-electron chi connectivity index (χ3n) is 6.39. The van der Waals surface area contributed by atoms with E-state index < -0.39 is 48.1 Å². The molecule has 4 N–H and O–H groups in total. The lowest BCUT2D eigenvalue weighted by Crippen LogP contribution is -2.58. The molecule has 1 saturated heterocycles. The predicted molar refractivity (Wildman–Crippen MR) is 138 cm³/mol. The second-order valence-corrected chi connectivity index (χ2v) is 9.69. The van der Waals surface area contributed by atoms with E-state index in [4.69, 9.17) is 15.2 Å². The Labute approximate surface area is 222 Å². The number of aromatic hydroxyl groups is 1. The number of benzene rings is 2. The second-order valence-electron chi connectivity index (χ2n) is 9.69. The van der Waals surface area contributed by atoms with E-state index in [0.29, 0.717) is 6.42 Å². The van der Waals surface area contributed by atoms with Gasteiger partial charge >= 0.3 is 5.97 Å². The molecule has 1 aliphatic heterocycles. The Balaban J connectivity index is 1.70. The maximum atomic E-state index is 13.2. The van der Waals surface area contributed by atoms with Crippen LogP contribution in [0.3, 0.4) is 0 Å². The summed E-state index contributed by atoms with van der Waals surface area (Å²) in [6.45, 7) is 5.12. The van der Waals surface area contributed by atoms with Crippen molar-refractivity contribution in [1.29, 1.82) is 0 Å². The van der Waals surface area contributed by atoms with Crippen molar-refractivity contribution in [3.05, 3.63) is 65.7 Å². The maximum Gasteiger partial charge on any atom is 0.310 e. The average molecular weight is 526 g/mol. The topological polar surface area (TPSA) is 148 Å². The van der Waals surface area contributed by atoms with Crippen LogP contribution in [-0.2, 0) is 41.7 Å². The fraction of sp³-hybridized carbons (Fsp3) is 0.429. The van der Waals surface area contributed by atoms with E-state index in [1.165, 1.54) is 19.1 Å². The Morgan fingerprint density at radius 1 is 1.08 bits per heavy atom. The summed E-state index contributed by atoms with van der Waals surface area (Å²) < 4.78 is 11.0. The molecule has 1 heterocycles. The summed E-state index contributed by atoms with van der Waals surface area (Å²) in [6, 6.07) is 12.7. The van der Waals surface area contributed by atoms with Crippen LogP contribution in [0.4, 0.5) is 0 Å². The van der Waals surface area contributed by atoms with Crippen molar-refractivity contribution >= 4 is 23.7 Å². The number of imide groups is 1. The number of amides is 3. The number of rotatable bonds is 11. The third-order valence-corrected chi connectivity index (χ3v) is 6.39. The number of esters is 1. The minimum Gasteiger partial charge on any atom is -0.508 e. The molecule has 0 saturated carbocycles. The van der Waals surface area contributed by atoms with Gasteiger partial charge in [-0.15, -0.1) is 0 Å². The SMILES string of the molecule is CC(C)[C@H](N)C(=O)N(C(=O)CCc1ccc(O)cc1)[C@@H](C)C(=O)NC1CC(=O)OC1OCc1ccccc1. The Morgan fingerprint density at radius 3 is 2.37 bits per heavy atom. The molecule has 3 amide bonds. The molecule has 2 unspecified atom stereocenters. The van der Waals surface area contributed by atoms with Gasteiger partial charge in [0.1, 0.15) is 17.8 Å². The molecule has 3 rings (SSSR count). The fourth-order valence-corrected chi connectivity index (χ4v) is 3.99. The van der Waals surface area contributed by atoms with Crippen molar-refractivity contribution in [2.24, 2.45) is 11.7 Å². The van der Waals surface area contributed by atoms with E-state index in [1.54, 1.807) is 26.0 Å². The lowest BCUT2D eigenvalue weighted by atomic mass is 10.0. The Hall–Kier alpha value is -3.76. The fourth-order valence-electron chi connectivity index (χ4n) is 3.99. The van der Waals surface area contributed by atoms with Gasteiger partial charge in [-0.1, -0.05) is 56.3 Å². The molecule has 0 radical (unpaired) electrons. The molecule has 0 aliphatic carbocycles. The standard InChI is InChI=1S/C28H35N3O7/c1-17(2)25(29)27(36)31(23(33)14-11-19-9-12-21(32)13-10-19)18(3)26(35)30-22-15-24(34)38-28(22)37-16-20-7-5-4-6-8-20/h4-10,12-13,17-18,22,25,28,32H,11,14-16,29H2,1-3H3,(H,30,35)/t18-,22?,25-,28?/m0/s1. The van der Waals surface area contributed by atoms with Gasteiger partial charge < -0.3 is 25.6 Å². The van der Waals surface area contributed by atoms with Crippen molar-refractivity contribution < 1.29 is 33.8 Å². The van der Waals surface area contributed by atoms with Gasteiger partial charge in [0.2, 0.25) is 24.0 Å². The highest BCUT2D eigenvalue weighted by molar-refractivity contribution is 6.02. The number of nitrogens with one attached hydrogen (secondary N) is 1. The van der Waals surface area contributed by atoms with Crippen molar-refractivity contribution in [1.82, 2.24) is 10.2 Å². The summed E-state index contributed by atoms with van der Waals surface area (Å²) >= 11 is 0. The highest BCUT2D eigenvalue weighted by Crippen LogP contribution is 2.20. The van der Waals surface area contributed by atoms with Crippen LogP contribution in [0.2, 0.25) is 0 Å². The molecule has 0 spiro atoms. The summed E-state index contributed by atoms with van der Waals surface area (Å²) in [5.41, 5.74) is 7.73. The number of carbonyl (C=O) groups excluding carboxylic acids is 4. The van der Waals surface area contributed by atoms with E-state index in [1.807, 2.05) is 30.3 Å².